The molecule has 1 aliphatic rings. The molecule has 0 bridgehead atoms. The van der Waals surface area contributed by atoms with Gasteiger partial charge in [0.2, 0.25) is 0 Å². The Morgan fingerprint density at radius 3 is 2.37 bits per heavy atom. The molecule has 1 saturated heterocycles. The maximum atomic E-state index is 13.9. The Balaban J connectivity index is 2.62. The molecule has 0 unspecified atom stereocenters. The SMILES string of the molecule is Cc1c(F)cc(N)c(C=N)c1B1OC(C)(C)C1(C)C. The molecule has 0 aromatic heterocycles. The standard InChI is InChI=1S/C14H20BFN2O/c1-8-10(16)6-11(18)9(7-17)12(8)15-13(2,3)14(4,5)19-15/h6-7,17H,18H2,1-5H3. The van der Waals surface area contributed by atoms with Crippen molar-refractivity contribution < 1.29 is 9.04 Å². The fraction of sp³-hybridized carbons (Fsp3) is 0.500. The zero-order chi connectivity index (χ0) is 14.6. The van der Waals surface area contributed by atoms with E-state index < -0.39 is 0 Å². The highest BCUT2D eigenvalue weighted by Crippen LogP contribution is 2.53. The smallest absolute Gasteiger partial charge is 0.336 e. The van der Waals surface area contributed by atoms with Crippen LogP contribution in [0.5, 0.6) is 0 Å². The molecule has 2 rings (SSSR count). The molecule has 1 heterocycles. The third-order valence-electron chi connectivity index (χ3n) is 4.67. The summed E-state index contributed by atoms with van der Waals surface area (Å²) in [5, 5.41) is 7.39. The second kappa shape index (κ2) is 4.07. The molecule has 3 nitrogen and oxygen atoms in total. The Labute approximate surface area is 114 Å². The number of rotatable bonds is 2. The number of hydrogen-bond acceptors (Lipinski definition) is 3. The molecule has 0 atom stereocenters. The topological polar surface area (TPSA) is 59.1 Å². The highest BCUT2D eigenvalue weighted by Gasteiger charge is 2.60. The first kappa shape index (κ1) is 14.1. The van der Waals surface area contributed by atoms with Crippen molar-refractivity contribution >= 4 is 24.3 Å². The van der Waals surface area contributed by atoms with Gasteiger partial charge in [-0.1, -0.05) is 13.8 Å². The van der Waals surface area contributed by atoms with Crippen LogP contribution in [-0.2, 0) is 4.65 Å². The van der Waals surface area contributed by atoms with E-state index in [1.807, 2.05) is 13.8 Å². The summed E-state index contributed by atoms with van der Waals surface area (Å²) < 4.78 is 19.8. The van der Waals surface area contributed by atoms with Crippen LogP contribution in [0.3, 0.4) is 0 Å². The lowest BCUT2D eigenvalue weighted by Gasteiger charge is -2.57. The van der Waals surface area contributed by atoms with Gasteiger partial charge in [-0.3, -0.25) is 0 Å². The lowest BCUT2D eigenvalue weighted by atomic mass is 9.32. The van der Waals surface area contributed by atoms with Crippen molar-refractivity contribution in [1.29, 1.82) is 5.41 Å². The van der Waals surface area contributed by atoms with Crippen molar-refractivity contribution in [2.24, 2.45) is 0 Å². The predicted octanol–water partition coefficient (Wildman–Crippen LogP) is 2.50. The number of hydrogen-bond donors (Lipinski definition) is 2. The second-order valence-corrected chi connectivity index (χ2v) is 6.27. The summed E-state index contributed by atoms with van der Waals surface area (Å²) in [7, 11) is 0. The van der Waals surface area contributed by atoms with Crippen LogP contribution in [0.25, 0.3) is 0 Å². The number of halogens is 1. The lowest BCUT2D eigenvalue weighted by Crippen LogP contribution is -2.67. The van der Waals surface area contributed by atoms with Crippen molar-refractivity contribution in [3.8, 4) is 0 Å². The minimum Gasteiger partial charge on any atom is -0.425 e. The van der Waals surface area contributed by atoms with Crippen LogP contribution in [0.15, 0.2) is 6.07 Å². The van der Waals surface area contributed by atoms with Crippen molar-refractivity contribution in [1.82, 2.24) is 0 Å². The minimum absolute atomic E-state index is 0.143. The van der Waals surface area contributed by atoms with Gasteiger partial charge in [0.15, 0.2) is 0 Å². The fourth-order valence-corrected chi connectivity index (χ4v) is 2.58. The molecule has 3 N–H and O–H groups in total. The first-order valence-corrected chi connectivity index (χ1v) is 6.40. The van der Waals surface area contributed by atoms with Gasteiger partial charge < -0.3 is 15.8 Å². The fourth-order valence-electron chi connectivity index (χ4n) is 2.58. The van der Waals surface area contributed by atoms with E-state index in [1.54, 1.807) is 6.92 Å². The van der Waals surface area contributed by atoms with Gasteiger partial charge in [-0.15, -0.1) is 0 Å². The molecule has 0 radical (unpaired) electrons. The number of nitrogens with two attached hydrogens (primary N) is 1. The summed E-state index contributed by atoms with van der Waals surface area (Å²) >= 11 is 0. The molecule has 1 aliphatic heterocycles. The van der Waals surface area contributed by atoms with E-state index in [0.29, 0.717) is 16.6 Å². The highest BCUT2D eigenvalue weighted by molar-refractivity contribution is 6.74. The van der Waals surface area contributed by atoms with Gasteiger partial charge in [0.25, 0.3) is 0 Å². The van der Waals surface area contributed by atoms with E-state index in [4.69, 9.17) is 15.8 Å². The van der Waals surface area contributed by atoms with Crippen LogP contribution in [-0.4, -0.2) is 18.7 Å². The normalized spacial score (nSPS) is 20.0. The Morgan fingerprint density at radius 1 is 1.37 bits per heavy atom. The summed E-state index contributed by atoms with van der Waals surface area (Å²) in [5.41, 5.74) is 7.63. The molecule has 1 aromatic carbocycles. The lowest BCUT2D eigenvalue weighted by molar-refractivity contribution is -0.00947. The molecule has 0 amide bonds. The zero-order valence-corrected chi connectivity index (χ0v) is 12.1. The molecule has 19 heavy (non-hydrogen) atoms. The van der Waals surface area contributed by atoms with E-state index in [0.717, 1.165) is 0 Å². The van der Waals surface area contributed by atoms with Gasteiger partial charge in [0, 0.05) is 28.4 Å². The highest BCUT2D eigenvalue weighted by atomic mass is 19.1. The van der Waals surface area contributed by atoms with E-state index >= 15 is 0 Å². The molecule has 0 aliphatic carbocycles. The summed E-state index contributed by atoms with van der Waals surface area (Å²) in [6.45, 7) is 9.70. The second-order valence-electron chi connectivity index (χ2n) is 6.27. The number of benzene rings is 1. The molecule has 5 heteroatoms. The number of nitrogens with one attached hydrogen (secondary N) is 1. The van der Waals surface area contributed by atoms with Gasteiger partial charge in [0.05, 0.1) is 0 Å². The third-order valence-corrected chi connectivity index (χ3v) is 4.67. The maximum Gasteiger partial charge on any atom is 0.336 e. The molecular formula is C14H20BFN2O. The number of anilines is 1. The average molecular weight is 262 g/mol. The Hall–Kier alpha value is -1.36. The van der Waals surface area contributed by atoms with Crippen molar-refractivity contribution in [2.45, 2.75) is 45.5 Å². The van der Waals surface area contributed by atoms with Crippen molar-refractivity contribution in [3.05, 3.63) is 23.0 Å². The van der Waals surface area contributed by atoms with Gasteiger partial charge in [-0.25, -0.2) is 4.39 Å². The Kier molecular flexibility index (Phi) is 3.01. The Bertz CT molecular complexity index is 555. The van der Waals surface area contributed by atoms with Gasteiger partial charge in [-0.05, 0) is 37.9 Å². The van der Waals surface area contributed by atoms with Crippen molar-refractivity contribution in [2.75, 3.05) is 5.73 Å². The first-order valence-electron chi connectivity index (χ1n) is 6.40. The van der Waals surface area contributed by atoms with E-state index in [2.05, 4.69) is 13.8 Å². The molecule has 102 valence electrons. The van der Waals surface area contributed by atoms with Gasteiger partial charge in [0.1, 0.15) is 5.82 Å². The van der Waals surface area contributed by atoms with E-state index in [1.165, 1.54) is 12.3 Å². The summed E-state index contributed by atoms with van der Waals surface area (Å²) in [5.74, 6) is -0.345. The van der Waals surface area contributed by atoms with Crippen LogP contribution in [0.1, 0.15) is 38.8 Å². The maximum absolute atomic E-state index is 13.9. The quantitative estimate of drug-likeness (QED) is 0.488. The summed E-state index contributed by atoms with van der Waals surface area (Å²) in [4.78, 5) is 0. The van der Waals surface area contributed by atoms with Crippen LogP contribution in [0.4, 0.5) is 10.1 Å². The van der Waals surface area contributed by atoms with Crippen LogP contribution < -0.4 is 11.2 Å². The van der Waals surface area contributed by atoms with Gasteiger partial charge >= 0.3 is 6.92 Å². The molecule has 0 spiro atoms. The minimum atomic E-state index is -0.345. The van der Waals surface area contributed by atoms with E-state index in [9.17, 15) is 4.39 Å². The van der Waals surface area contributed by atoms with Gasteiger partial charge in [-0.2, -0.15) is 0 Å². The summed E-state index contributed by atoms with van der Waals surface area (Å²) in [6, 6.07) is 1.27. The van der Waals surface area contributed by atoms with Crippen molar-refractivity contribution in [3.63, 3.8) is 0 Å². The monoisotopic (exact) mass is 262 g/mol. The van der Waals surface area contributed by atoms with Crippen LogP contribution in [0, 0.1) is 18.2 Å². The molecule has 1 fully saturated rings. The molecular weight excluding hydrogens is 242 g/mol. The zero-order valence-electron chi connectivity index (χ0n) is 12.1. The average Bonchev–Trinajstić information content (AvgIpc) is 2.31. The molecule has 1 aromatic rings. The van der Waals surface area contributed by atoms with E-state index in [-0.39, 0.29) is 29.3 Å². The third kappa shape index (κ3) is 1.79. The largest absolute Gasteiger partial charge is 0.425 e. The number of nitrogen functional groups attached to an aromatic ring is 1. The predicted molar refractivity (Wildman–Crippen MR) is 78.0 cm³/mol. The van der Waals surface area contributed by atoms with Crippen LogP contribution >= 0.6 is 0 Å². The first-order chi connectivity index (χ1) is 8.63. The van der Waals surface area contributed by atoms with Crippen LogP contribution in [0.2, 0.25) is 5.31 Å². The summed E-state index contributed by atoms with van der Waals surface area (Å²) in [6.07, 6.45) is 1.18. The Morgan fingerprint density at radius 2 is 1.95 bits per heavy atom. The molecule has 0 saturated carbocycles.